The molecule has 1 aromatic heterocycles. The van der Waals surface area contributed by atoms with Crippen LogP contribution in [0.1, 0.15) is 30.1 Å². The van der Waals surface area contributed by atoms with E-state index in [-0.39, 0.29) is 5.91 Å². The van der Waals surface area contributed by atoms with Gasteiger partial charge < -0.3 is 15.2 Å². The van der Waals surface area contributed by atoms with Crippen LogP contribution in [0.4, 0.5) is 5.69 Å². The minimum atomic E-state index is -0.0279. The molecule has 0 radical (unpaired) electrons. The number of hydrogen-bond acceptors (Lipinski definition) is 3. The smallest absolute Gasteiger partial charge is 0.253 e. The third-order valence-corrected chi connectivity index (χ3v) is 3.17. The van der Waals surface area contributed by atoms with E-state index < -0.39 is 0 Å². The quantitative estimate of drug-likeness (QED) is 0.733. The van der Waals surface area contributed by atoms with Crippen molar-refractivity contribution in [3.63, 3.8) is 0 Å². The molecule has 0 aliphatic carbocycles. The Bertz CT molecular complexity index is 551. The number of para-hydroxylation sites is 1. The summed E-state index contributed by atoms with van der Waals surface area (Å²) < 4.78 is 2.00. The van der Waals surface area contributed by atoms with Crippen LogP contribution in [-0.4, -0.2) is 28.5 Å². The molecule has 0 spiro atoms. The molecule has 1 heterocycles. The Morgan fingerprint density at radius 3 is 2.90 bits per heavy atom. The maximum absolute atomic E-state index is 12.2. The maximum Gasteiger partial charge on any atom is 0.253 e. The first-order valence-corrected chi connectivity index (χ1v) is 7.38. The summed E-state index contributed by atoms with van der Waals surface area (Å²) in [7, 11) is 0. The first-order chi connectivity index (χ1) is 10.3. The highest BCUT2D eigenvalue weighted by atomic mass is 16.1. The van der Waals surface area contributed by atoms with Crippen LogP contribution in [0.15, 0.2) is 43.0 Å². The fourth-order valence-electron chi connectivity index (χ4n) is 2.07. The van der Waals surface area contributed by atoms with Crippen LogP contribution in [-0.2, 0) is 6.54 Å². The van der Waals surface area contributed by atoms with E-state index in [0.717, 1.165) is 31.6 Å². The molecule has 1 amide bonds. The number of carbonyl (C=O) groups excluding carboxylic acids is 1. The molecule has 0 saturated carbocycles. The third kappa shape index (κ3) is 4.63. The van der Waals surface area contributed by atoms with Gasteiger partial charge in [-0.1, -0.05) is 19.1 Å². The number of aryl methyl sites for hydroxylation is 1. The van der Waals surface area contributed by atoms with Crippen molar-refractivity contribution in [3.05, 3.63) is 48.5 Å². The Balaban J connectivity index is 1.82. The lowest BCUT2D eigenvalue weighted by atomic mass is 10.1. The summed E-state index contributed by atoms with van der Waals surface area (Å²) in [5.41, 5.74) is 1.60. The molecular weight excluding hydrogens is 264 g/mol. The van der Waals surface area contributed by atoms with E-state index in [9.17, 15) is 4.79 Å². The number of imidazole rings is 1. The molecular formula is C16H22N4O. The fourth-order valence-corrected chi connectivity index (χ4v) is 2.07. The van der Waals surface area contributed by atoms with Crippen LogP contribution >= 0.6 is 0 Å². The third-order valence-electron chi connectivity index (χ3n) is 3.17. The van der Waals surface area contributed by atoms with Crippen LogP contribution < -0.4 is 10.6 Å². The summed E-state index contributed by atoms with van der Waals surface area (Å²) in [6.07, 6.45) is 7.37. The Hall–Kier alpha value is -2.30. The minimum absolute atomic E-state index is 0.0279. The fraction of sp³-hybridized carbons (Fsp3) is 0.375. The van der Waals surface area contributed by atoms with Gasteiger partial charge in [0, 0.05) is 37.7 Å². The molecule has 2 N–H and O–H groups in total. The first kappa shape index (κ1) is 15.1. The van der Waals surface area contributed by atoms with Crippen molar-refractivity contribution in [3.8, 4) is 0 Å². The van der Waals surface area contributed by atoms with Gasteiger partial charge in [0.2, 0.25) is 0 Å². The lowest BCUT2D eigenvalue weighted by Crippen LogP contribution is -2.26. The summed E-state index contributed by atoms with van der Waals surface area (Å²) in [4.78, 5) is 16.2. The maximum atomic E-state index is 12.2. The molecule has 0 aliphatic heterocycles. The van der Waals surface area contributed by atoms with Crippen molar-refractivity contribution in [2.45, 2.75) is 26.3 Å². The summed E-state index contributed by atoms with van der Waals surface area (Å²) in [6, 6.07) is 7.62. The zero-order valence-electron chi connectivity index (χ0n) is 12.4. The van der Waals surface area contributed by atoms with E-state index in [2.05, 4.69) is 22.5 Å². The molecule has 0 saturated heterocycles. The van der Waals surface area contributed by atoms with Gasteiger partial charge in [-0.15, -0.1) is 0 Å². The molecule has 2 rings (SSSR count). The van der Waals surface area contributed by atoms with E-state index in [1.165, 1.54) is 0 Å². The monoisotopic (exact) mass is 286 g/mol. The van der Waals surface area contributed by atoms with Gasteiger partial charge >= 0.3 is 0 Å². The Morgan fingerprint density at radius 1 is 1.29 bits per heavy atom. The predicted molar refractivity (Wildman–Crippen MR) is 84.4 cm³/mol. The lowest BCUT2D eigenvalue weighted by Gasteiger charge is -2.11. The number of nitrogens with one attached hydrogen (secondary N) is 2. The number of anilines is 1. The van der Waals surface area contributed by atoms with E-state index in [1.54, 1.807) is 12.5 Å². The molecule has 0 aliphatic rings. The highest BCUT2D eigenvalue weighted by molar-refractivity contribution is 5.99. The molecule has 0 bridgehead atoms. The summed E-state index contributed by atoms with van der Waals surface area (Å²) >= 11 is 0. The summed E-state index contributed by atoms with van der Waals surface area (Å²) in [5, 5.41) is 6.25. The molecule has 21 heavy (non-hydrogen) atoms. The second kappa shape index (κ2) is 8.09. The Morgan fingerprint density at radius 2 is 2.14 bits per heavy atom. The molecule has 5 nitrogen and oxygen atoms in total. The average molecular weight is 286 g/mol. The van der Waals surface area contributed by atoms with Crippen molar-refractivity contribution in [1.29, 1.82) is 0 Å². The van der Waals surface area contributed by atoms with Gasteiger partial charge in [-0.05, 0) is 25.0 Å². The molecule has 0 unspecified atom stereocenters. The van der Waals surface area contributed by atoms with Crippen LogP contribution in [0.25, 0.3) is 0 Å². The van der Waals surface area contributed by atoms with E-state index >= 15 is 0 Å². The van der Waals surface area contributed by atoms with Gasteiger partial charge in [-0.25, -0.2) is 4.98 Å². The minimum Gasteiger partial charge on any atom is -0.384 e. The van der Waals surface area contributed by atoms with Gasteiger partial charge in [0.1, 0.15) is 0 Å². The standard InChI is InChI=1S/C16H22N4O/c1-2-8-18-15-7-4-3-6-14(15)16(21)19-9-5-11-20-12-10-17-13-20/h3-4,6-7,10,12-13,18H,2,5,8-9,11H2,1H3,(H,19,21). The van der Waals surface area contributed by atoms with Crippen LogP contribution in [0, 0.1) is 0 Å². The van der Waals surface area contributed by atoms with Crippen molar-refractivity contribution in [2.24, 2.45) is 0 Å². The number of benzene rings is 1. The Kier molecular flexibility index (Phi) is 5.82. The number of rotatable bonds is 8. The zero-order valence-corrected chi connectivity index (χ0v) is 12.4. The van der Waals surface area contributed by atoms with Crippen molar-refractivity contribution in [2.75, 3.05) is 18.4 Å². The van der Waals surface area contributed by atoms with E-state index in [4.69, 9.17) is 0 Å². The van der Waals surface area contributed by atoms with E-state index in [1.807, 2.05) is 35.0 Å². The van der Waals surface area contributed by atoms with Crippen LogP contribution in [0.5, 0.6) is 0 Å². The van der Waals surface area contributed by atoms with Gasteiger partial charge in [-0.3, -0.25) is 4.79 Å². The number of amides is 1. The van der Waals surface area contributed by atoms with Crippen LogP contribution in [0.2, 0.25) is 0 Å². The molecule has 112 valence electrons. The normalized spacial score (nSPS) is 10.3. The van der Waals surface area contributed by atoms with Crippen LogP contribution in [0.3, 0.4) is 0 Å². The highest BCUT2D eigenvalue weighted by Gasteiger charge is 2.09. The van der Waals surface area contributed by atoms with Crippen molar-refractivity contribution in [1.82, 2.24) is 14.9 Å². The molecule has 5 heteroatoms. The van der Waals surface area contributed by atoms with Gasteiger partial charge in [0.25, 0.3) is 5.91 Å². The second-order valence-corrected chi connectivity index (χ2v) is 4.88. The van der Waals surface area contributed by atoms with Crippen molar-refractivity contribution < 1.29 is 4.79 Å². The lowest BCUT2D eigenvalue weighted by molar-refractivity contribution is 0.0953. The molecule has 0 fully saturated rings. The largest absolute Gasteiger partial charge is 0.384 e. The Labute approximate surface area is 125 Å². The second-order valence-electron chi connectivity index (χ2n) is 4.88. The molecule has 1 aromatic carbocycles. The average Bonchev–Trinajstić information content (AvgIpc) is 3.03. The number of aromatic nitrogens is 2. The highest BCUT2D eigenvalue weighted by Crippen LogP contribution is 2.14. The summed E-state index contributed by atoms with van der Waals surface area (Å²) in [5.74, 6) is -0.0279. The van der Waals surface area contributed by atoms with E-state index in [0.29, 0.717) is 12.1 Å². The van der Waals surface area contributed by atoms with Gasteiger partial charge in [0.05, 0.1) is 11.9 Å². The number of hydrogen-bond donors (Lipinski definition) is 2. The number of carbonyl (C=O) groups is 1. The first-order valence-electron chi connectivity index (χ1n) is 7.38. The van der Waals surface area contributed by atoms with Crippen molar-refractivity contribution >= 4 is 11.6 Å². The number of nitrogens with zero attached hydrogens (tertiary/aromatic N) is 2. The topological polar surface area (TPSA) is 59.0 Å². The molecule has 0 atom stereocenters. The van der Waals surface area contributed by atoms with Gasteiger partial charge in [0.15, 0.2) is 0 Å². The SMILES string of the molecule is CCCNc1ccccc1C(=O)NCCCn1ccnc1. The van der Waals surface area contributed by atoms with Gasteiger partial charge in [-0.2, -0.15) is 0 Å². The predicted octanol–water partition coefficient (Wildman–Crippen LogP) is 2.53. The molecule has 2 aromatic rings. The summed E-state index contributed by atoms with van der Waals surface area (Å²) in [6.45, 7) is 4.48. The zero-order chi connectivity index (χ0) is 14.9.